The number of aliphatic imine (C=N–C) groups is 1. The van der Waals surface area contributed by atoms with Gasteiger partial charge in [0.15, 0.2) is 11.5 Å². The van der Waals surface area contributed by atoms with E-state index < -0.39 is 0 Å². The van der Waals surface area contributed by atoms with Crippen molar-refractivity contribution in [2.45, 2.75) is 13.5 Å². The minimum Gasteiger partial charge on any atom is -0.493 e. The maximum atomic E-state index is 13.0. The highest BCUT2D eigenvalue weighted by Crippen LogP contribution is 2.29. The van der Waals surface area contributed by atoms with Gasteiger partial charge in [0.25, 0.3) is 0 Å². The van der Waals surface area contributed by atoms with E-state index in [0.717, 1.165) is 22.4 Å². The summed E-state index contributed by atoms with van der Waals surface area (Å²) in [4.78, 5) is 4.50. The Morgan fingerprint density at radius 1 is 1.04 bits per heavy atom. The summed E-state index contributed by atoms with van der Waals surface area (Å²) < 4.78 is 24.2. The van der Waals surface area contributed by atoms with E-state index in [0.29, 0.717) is 23.1 Å². The second kappa shape index (κ2) is 8.69. The molecule has 0 saturated heterocycles. The lowest BCUT2D eigenvalue weighted by Gasteiger charge is -2.11. The molecule has 0 aromatic heterocycles. The Hall–Kier alpha value is -2.85. The standard InChI is InChI=1S/C22H19ClFNO2/c1-15-19(23)4-3-5-20(15)25-13-17-8-11-21(22(12-17)26-2)27-14-16-6-9-18(24)10-7-16/h3-13H,14H2,1-2H3. The van der Waals surface area contributed by atoms with Gasteiger partial charge in [0.05, 0.1) is 12.8 Å². The van der Waals surface area contributed by atoms with E-state index >= 15 is 0 Å². The molecule has 0 atom stereocenters. The highest BCUT2D eigenvalue weighted by atomic mass is 35.5. The molecular weight excluding hydrogens is 365 g/mol. The maximum absolute atomic E-state index is 13.0. The van der Waals surface area contributed by atoms with Gasteiger partial charge in [-0.15, -0.1) is 0 Å². The molecule has 0 saturated carbocycles. The van der Waals surface area contributed by atoms with Crippen LogP contribution in [0.15, 0.2) is 65.7 Å². The molecule has 0 amide bonds. The highest BCUT2D eigenvalue weighted by molar-refractivity contribution is 6.31. The summed E-state index contributed by atoms with van der Waals surface area (Å²) >= 11 is 6.13. The van der Waals surface area contributed by atoms with Crippen molar-refractivity contribution in [1.29, 1.82) is 0 Å². The van der Waals surface area contributed by atoms with Crippen LogP contribution in [0.4, 0.5) is 10.1 Å². The van der Waals surface area contributed by atoms with Gasteiger partial charge in [-0.3, -0.25) is 4.99 Å². The van der Waals surface area contributed by atoms with Gasteiger partial charge in [-0.1, -0.05) is 29.8 Å². The highest BCUT2D eigenvalue weighted by Gasteiger charge is 2.06. The van der Waals surface area contributed by atoms with Crippen LogP contribution in [0.25, 0.3) is 0 Å². The molecular formula is C22H19ClFNO2. The number of halogens is 2. The van der Waals surface area contributed by atoms with Gasteiger partial charge in [0.2, 0.25) is 0 Å². The Bertz CT molecular complexity index is 955. The third-order valence-corrected chi connectivity index (χ3v) is 4.50. The number of hydrogen-bond donors (Lipinski definition) is 0. The predicted molar refractivity (Wildman–Crippen MR) is 107 cm³/mol. The summed E-state index contributed by atoms with van der Waals surface area (Å²) in [6, 6.07) is 17.4. The van der Waals surface area contributed by atoms with E-state index in [-0.39, 0.29) is 5.82 Å². The zero-order chi connectivity index (χ0) is 19.2. The van der Waals surface area contributed by atoms with E-state index in [1.807, 2.05) is 43.3 Å². The second-order valence-corrected chi connectivity index (χ2v) is 6.37. The number of methoxy groups -OCH3 is 1. The third-order valence-electron chi connectivity index (χ3n) is 4.09. The lowest BCUT2D eigenvalue weighted by atomic mass is 10.2. The van der Waals surface area contributed by atoms with Crippen molar-refractivity contribution in [2.75, 3.05) is 7.11 Å². The van der Waals surface area contributed by atoms with Crippen molar-refractivity contribution in [3.8, 4) is 11.5 Å². The number of rotatable bonds is 6. The molecule has 0 aliphatic heterocycles. The molecule has 27 heavy (non-hydrogen) atoms. The van der Waals surface area contributed by atoms with Crippen molar-refractivity contribution in [3.63, 3.8) is 0 Å². The number of benzene rings is 3. The third kappa shape index (κ3) is 4.86. The first-order chi connectivity index (χ1) is 13.1. The van der Waals surface area contributed by atoms with Crippen LogP contribution in [-0.2, 0) is 6.61 Å². The first kappa shape index (κ1) is 18.9. The van der Waals surface area contributed by atoms with Gasteiger partial charge in [0, 0.05) is 11.2 Å². The van der Waals surface area contributed by atoms with Crippen LogP contribution in [-0.4, -0.2) is 13.3 Å². The largest absolute Gasteiger partial charge is 0.493 e. The molecule has 0 bridgehead atoms. The monoisotopic (exact) mass is 383 g/mol. The zero-order valence-corrected chi connectivity index (χ0v) is 15.8. The lowest BCUT2D eigenvalue weighted by molar-refractivity contribution is 0.284. The van der Waals surface area contributed by atoms with E-state index in [4.69, 9.17) is 21.1 Å². The number of ether oxygens (including phenoxy) is 2. The average molecular weight is 384 g/mol. The molecule has 0 radical (unpaired) electrons. The normalized spacial score (nSPS) is 11.0. The minimum absolute atomic E-state index is 0.269. The summed E-state index contributed by atoms with van der Waals surface area (Å²) in [6.07, 6.45) is 1.75. The molecule has 0 aliphatic rings. The van der Waals surface area contributed by atoms with Gasteiger partial charge in [-0.2, -0.15) is 0 Å². The SMILES string of the molecule is COc1cc(C=Nc2cccc(Cl)c2C)ccc1OCc1ccc(F)cc1. The summed E-state index contributed by atoms with van der Waals surface area (Å²) in [5.41, 5.74) is 3.50. The van der Waals surface area contributed by atoms with Crippen LogP contribution in [0.3, 0.4) is 0 Å². The smallest absolute Gasteiger partial charge is 0.161 e. The van der Waals surface area contributed by atoms with Gasteiger partial charge < -0.3 is 9.47 Å². The summed E-state index contributed by atoms with van der Waals surface area (Å²) in [5, 5.41) is 0.687. The molecule has 0 unspecified atom stereocenters. The first-order valence-corrected chi connectivity index (χ1v) is 8.79. The van der Waals surface area contributed by atoms with E-state index in [2.05, 4.69) is 4.99 Å². The van der Waals surface area contributed by atoms with Crippen molar-refractivity contribution < 1.29 is 13.9 Å². The van der Waals surface area contributed by atoms with Gasteiger partial charge >= 0.3 is 0 Å². The zero-order valence-electron chi connectivity index (χ0n) is 15.1. The summed E-state index contributed by atoms with van der Waals surface area (Å²) in [6.45, 7) is 2.26. The van der Waals surface area contributed by atoms with Crippen molar-refractivity contribution in [3.05, 3.63) is 88.2 Å². The predicted octanol–water partition coefficient (Wildman–Crippen LogP) is 6.13. The number of hydrogen-bond acceptors (Lipinski definition) is 3. The van der Waals surface area contributed by atoms with Crippen LogP contribution in [0, 0.1) is 12.7 Å². The fourth-order valence-corrected chi connectivity index (χ4v) is 2.68. The van der Waals surface area contributed by atoms with Crippen LogP contribution in [0.1, 0.15) is 16.7 Å². The van der Waals surface area contributed by atoms with Crippen LogP contribution >= 0.6 is 11.6 Å². The average Bonchev–Trinajstić information content (AvgIpc) is 2.69. The topological polar surface area (TPSA) is 30.8 Å². The quantitative estimate of drug-likeness (QED) is 0.479. The van der Waals surface area contributed by atoms with E-state index in [9.17, 15) is 4.39 Å². The van der Waals surface area contributed by atoms with Gasteiger partial charge in [-0.25, -0.2) is 4.39 Å². The summed E-state index contributed by atoms with van der Waals surface area (Å²) in [7, 11) is 1.59. The molecule has 0 aliphatic carbocycles. The molecule has 3 rings (SSSR count). The molecule has 0 N–H and O–H groups in total. The Labute approximate surface area is 163 Å². The van der Waals surface area contributed by atoms with Gasteiger partial charge in [0.1, 0.15) is 12.4 Å². The molecule has 0 heterocycles. The van der Waals surface area contributed by atoms with Crippen LogP contribution in [0.5, 0.6) is 11.5 Å². The molecule has 3 aromatic rings. The Kier molecular flexibility index (Phi) is 6.09. The summed E-state index contributed by atoms with van der Waals surface area (Å²) in [5.74, 6) is 0.941. The first-order valence-electron chi connectivity index (χ1n) is 8.41. The van der Waals surface area contributed by atoms with Crippen molar-refractivity contribution in [1.82, 2.24) is 0 Å². The van der Waals surface area contributed by atoms with Crippen molar-refractivity contribution >= 4 is 23.5 Å². The molecule has 0 fully saturated rings. The van der Waals surface area contributed by atoms with Crippen LogP contribution in [0.2, 0.25) is 5.02 Å². The Morgan fingerprint density at radius 2 is 1.81 bits per heavy atom. The maximum Gasteiger partial charge on any atom is 0.161 e. The molecule has 0 spiro atoms. The number of nitrogens with zero attached hydrogens (tertiary/aromatic N) is 1. The molecule has 138 valence electrons. The van der Waals surface area contributed by atoms with Crippen molar-refractivity contribution in [2.24, 2.45) is 4.99 Å². The Morgan fingerprint density at radius 3 is 2.56 bits per heavy atom. The molecule has 3 nitrogen and oxygen atoms in total. The molecule has 3 aromatic carbocycles. The van der Waals surface area contributed by atoms with Gasteiger partial charge in [-0.05, 0) is 66.1 Å². The fraction of sp³-hybridized carbons (Fsp3) is 0.136. The van der Waals surface area contributed by atoms with E-state index in [1.165, 1.54) is 12.1 Å². The minimum atomic E-state index is -0.269. The fourth-order valence-electron chi connectivity index (χ4n) is 2.51. The Balaban J connectivity index is 1.74. The molecule has 5 heteroatoms. The second-order valence-electron chi connectivity index (χ2n) is 5.97. The van der Waals surface area contributed by atoms with E-state index in [1.54, 1.807) is 25.5 Å². The lowest BCUT2D eigenvalue weighted by Crippen LogP contribution is -1.98. The van der Waals surface area contributed by atoms with Crippen LogP contribution < -0.4 is 9.47 Å².